The molecule has 0 aliphatic heterocycles. The molecular formula is C13H16Cl2N2O2S. The lowest BCUT2D eigenvalue weighted by molar-refractivity contribution is -0.384. The molecule has 1 aromatic carbocycles. The normalized spacial score (nSPS) is 21.9. The number of non-ortho nitro benzene ring substituents is 1. The molecule has 7 heteroatoms. The van der Waals surface area contributed by atoms with Gasteiger partial charge in [-0.2, -0.15) is 11.8 Å². The molecule has 110 valence electrons. The highest BCUT2D eigenvalue weighted by molar-refractivity contribution is 7.99. The monoisotopic (exact) mass is 334 g/mol. The number of anilines is 1. The first kappa shape index (κ1) is 15.7. The Morgan fingerprint density at radius 3 is 2.60 bits per heavy atom. The van der Waals surface area contributed by atoms with E-state index in [0.29, 0.717) is 27.0 Å². The number of halogens is 2. The van der Waals surface area contributed by atoms with E-state index in [-0.39, 0.29) is 5.69 Å². The van der Waals surface area contributed by atoms with Gasteiger partial charge in [-0.3, -0.25) is 10.1 Å². The number of nitrogens with zero attached hydrogens (tertiary/aromatic N) is 1. The Kier molecular flexibility index (Phi) is 5.41. The van der Waals surface area contributed by atoms with Crippen molar-refractivity contribution in [2.75, 3.05) is 11.1 Å². The van der Waals surface area contributed by atoms with Crippen LogP contribution in [0.2, 0.25) is 10.0 Å². The quantitative estimate of drug-likeness (QED) is 0.608. The van der Waals surface area contributed by atoms with Crippen LogP contribution in [0.4, 0.5) is 11.4 Å². The van der Waals surface area contributed by atoms with E-state index < -0.39 is 4.92 Å². The van der Waals surface area contributed by atoms with Gasteiger partial charge in [-0.25, -0.2) is 0 Å². The second kappa shape index (κ2) is 6.87. The molecule has 0 aromatic heterocycles. The summed E-state index contributed by atoms with van der Waals surface area (Å²) in [5.74, 6) is 1.07. The maximum atomic E-state index is 10.8. The van der Waals surface area contributed by atoms with Crippen molar-refractivity contribution in [1.82, 2.24) is 0 Å². The number of nitro groups is 1. The molecule has 1 aliphatic rings. The second-order valence-corrected chi connectivity index (χ2v) is 7.05. The van der Waals surface area contributed by atoms with E-state index in [1.165, 1.54) is 25.0 Å². The van der Waals surface area contributed by atoms with E-state index >= 15 is 0 Å². The van der Waals surface area contributed by atoms with E-state index in [2.05, 4.69) is 12.2 Å². The van der Waals surface area contributed by atoms with Crippen LogP contribution in [-0.4, -0.2) is 22.0 Å². The number of hydrogen-bond acceptors (Lipinski definition) is 4. The highest BCUT2D eigenvalue weighted by Gasteiger charge is 2.28. The highest BCUT2D eigenvalue weighted by atomic mass is 35.5. The molecule has 1 N–H and O–H groups in total. The smallest absolute Gasteiger partial charge is 0.272 e. The Bertz CT molecular complexity index is 490. The summed E-state index contributed by atoms with van der Waals surface area (Å²) in [5.41, 5.74) is 0.518. The molecule has 2 atom stereocenters. The van der Waals surface area contributed by atoms with Gasteiger partial charge in [0.1, 0.15) is 0 Å². The van der Waals surface area contributed by atoms with Crippen molar-refractivity contribution in [2.24, 2.45) is 0 Å². The molecule has 4 nitrogen and oxygen atoms in total. The lowest BCUT2D eigenvalue weighted by Gasteiger charge is -2.22. The first-order chi connectivity index (χ1) is 9.52. The molecule has 0 bridgehead atoms. The Balaban J connectivity index is 2.19. The lowest BCUT2D eigenvalue weighted by atomic mass is 10.2. The topological polar surface area (TPSA) is 55.2 Å². The fourth-order valence-electron chi connectivity index (χ4n) is 2.49. The second-order valence-electron chi connectivity index (χ2n) is 4.72. The lowest BCUT2D eigenvalue weighted by Crippen LogP contribution is -2.26. The maximum absolute atomic E-state index is 10.8. The zero-order chi connectivity index (χ0) is 14.7. The Hall–Kier alpha value is -0.650. The van der Waals surface area contributed by atoms with Crippen LogP contribution in [0.15, 0.2) is 12.1 Å². The molecule has 1 saturated carbocycles. The number of nitro benzene ring substituents is 1. The molecule has 0 radical (unpaired) electrons. The molecule has 1 fully saturated rings. The molecular weight excluding hydrogens is 319 g/mol. The van der Waals surface area contributed by atoms with E-state index in [9.17, 15) is 10.1 Å². The minimum Gasteiger partial charge on any atom is -0.379 e. The molecule has 1 aromatic rings. The average Bonchev–Trinajstić information content (AvgIpc) is 2.81. The molecule has 2 rings (SSSR count). The third kappa shape index (κ3) is 3.51. The molecule has 0 heterocycles. The van der Waals surface area contributed by atoms with Gasteiger partial charge < -0.3 is 5.32 Å². The van der Waals surface area contributed by atoms with E-state index in [1.807, 2.05) is 11.8 Å². The fourth-order valence-corrected chi connectivity index (χ4v) is 4.28. The van der Waals surface area contributed by atoms with E-state index in [1.54, 1.807) is 0 Å². The Morgan fingerprint density at radius 1 is 1.40 bits per heavy atom. The summed E-state index contributed by atoms with van der Waals surface area (Å²) >= 11 is 14.2. The van der Waals surface area contributed by atoms with Gasteiger partial charge in [0.25, 0.3) is 5.69 Å². The fraction of sp³-hybridized carbons (Fsp3) is 0.538. The summed E-state index contributed by atoms with van der Waals surface area (Å²) in [5, 5.41) is 15.3. The largest absolute Gasteiger partial charge is 0.379 e. The van der Waals surface area contributed by atoms with Gasteiger partial charge in [0.15, 0.2) is 0 Å². The third-order valence-electron chi connectivity index (χ3n) is 3.40. The van der Waals surface area contributed by atoms with Crippen LogP contribution in [-0.2, 0) is 0 Å². The third-order valence-corrected chi connectivity index (χ3v) is 5.32. The van der Waals surface area contributed by atoms with Crippen LogP contribution in [0.25, 0.3) is 0 Å². The van der Waals surface area contributed by atoms with Crippen LogP contribution < -0.4 is 5.32 Å². The van der Waals surface area contributed by atoms with Crippen molar-refractivity contribution in [3.63, 3.8) is 0 Å². The Labute approximate surface area is 132 Å². The zero-order valence-corrected chi connectivity index (χ0v) is 13.4. The van der Waals surface area contributed by atoms with Crippen molar-refractivity contribution < 1.29 is 4.92 Å². The summed E-state index contributed by atoms with van der Waals surface area (Å²) in [6, 6.07) is 3.00. The number of hydrogen-bond donors (Lipinski definition) is 1. The van der Waals surface area contributed by atoms with E-state index in [0.717, 1.165) is 12.2 Å². The summed E-state index contributed by atoms with van der Waals surface area (Å²) in [4.78, 5) is 10.3. The number of benzene rings is 1. The summed E-state index contributed by atoms with van der Waals surface area (Å²) in [7, 11) is 0. The van der Waals surface area contributed by atoms with Crippen molar-refractivity contribution in [1.29, 1.82) is 0 Å². The summed E-state index contributed by atoms with van der Waals surface area (Å²) in [6.45, 7) is 2.14. The molecule has 20 heavy (non-hydrogen) atoms. The molecule has 2 unspecified atom stereocenters. The molecule has 0 spiro atoms. The van der Waals surface area contributed by atoms with Gasteiger partial charge >= 0.3 is 0 Å². The summed E-state index contributed by atoms with van der Waals surface area (Å²) < 4.78 is 0. The predicted octanol–water partition coefficient (Wildman–Crippen LogP) is 4.99. The van der Waals surface area contributed by atoms with Gasteiger partial charge in [-0.15, -0.1) is 0 Å². The van der Waals surface area contributed by atoms with Gasteiger partial charge in [0.2, 0.25) is 0 Å². The molecule has 0 saturated heterocycles. The minimum atomic E-state index is -0.493. The van der Waals surface area contributed by atoms with Crippen molar-refractivity contribution in [2.45, 2.75) is 37.5 Å². The van der Waals surface area contributed by atoms with Crippen molar-refractivity contribution in [3.8, 4) is 0 Å². The van der Waals surface area contributed by atoms with Gasteiger partial charge in [-0.1, -0.05) is 36.5 Å². The number of thioether (sulfide) groups is 1. The Morgan fingerprint density at radius 2 is 2.05 bits per heavy atom. The van der Waals surface area contributed by atoms with Gasteiger partial charge in [-0.05, 0) is 18.6 Å². The first-order valence-corrected chi connectivity index (χ1v) is 8.35. The molecule has 1 aliphatic carbocycles. The van der Waals surface area contributed by atoms with Gasteiger partial charge in [0, 0.05) is 23.4 Å². The van der Waals surface area contributed by atoms with Gasteiger partial charge in [0.05, 0.1) is 20.7 Å². The van der Waals surface area contributed by atoms with Crippen LogP contribution in [0.3, 0.4) is 0 Å². The minimum absolute atomic E-state index is 0.0866. The van der Waals surface area contributed by atoms with Crippen molar-refractivity contribution in [3.05, 3.63) is 32.3 Å². The molecule has 0 amide bonds. The van der Waals surface area contributed by atoms with Crippen LogP contribution in [0, 0.1) is 10.1 Å². The number of rotatable bonds is 5. The van der Waals surface area contributed by atoms with E-state index in [4.69, 9.17) is 23.2 Å². The zero-order valence-electron chi connectivity index (χ0n) is 11.1. The average molecular weight is 335 g/mol. The highest BCUT2D eigenvalue weighted by Crippen LogP contribution is 2.38. The summed E-state index contributed by atoms with van der Waals surface area (Å²) in [6.07, 6.45) is 3.43. The van der Waals surface area contributed by atoms with Crippen LogP contribution in [0.5, 0.6) is 0 Å². The maximum Gasteiger partial charge on any atom is 0.272 e. The number of nitrogens with one attached hydrogen (secondary N) is 1. The first-order valence-electron chi connectivity index (χ1n) is 6.54. The SMILES string of the molecule is CCSC1CCCC1Nc1c(Cl)cc([N+](=O)[O-])cc1Cl. The predicted molar refractivity (Wildman–Crippen MR) is 86.3 cm³/mol. The van der Waals surface area contributed by atoms with Crippen LogP contribution in [0.1, 0.15) is 26.2 Å². The van der Waals surface area contributed by atoms with Crippen molar-refractivity contribution >= 4 is 46.3 Å². The van der Waals surface area contributed by atoms with Crippen LogP contribution >= 0.6 is 35.0 Å². The standard InChI is InChI=1S/C13H16Cl2N2O2S/c1-2-20-12-5-3-4-11(12)16-13-9(14)6-8(17(18)19)7-10(13)15/h6-7,11-12,16H,2-5H2,1H3.